The molecule has 0 saturated carbocycles. The highest BCUT2D eigenvalue weighted by Crippen LogP contribution is 2.34. The van der Waals surface area contributed by atoms with E-state index in [2.05, 4.69) is 4.98 Å². The molecular formula is C11H11F4NO2. The number of pyridine rings is 1. The number of alkyl halides is 4. The molecule has 1 aromatic rings. The minimum Gasteiger partial charge on any atom is -0.471 e. The first-order chi connectivity index (χ1) is 8.41. The monoisotopic (exact) mass is 265 g/mol. The summed E-state index contributed by atoms with van der Waals surface area (Å²) in [4.78, 5) is 3.34. The molecule has 0 radical (unpaired) electrons. The van der Waals surface area contributed by atoms with E-state index < -0.39 is 24.1 Å². The molecule has 1 aliphatic heterocycles. The Balaban J connectivity index is 2.15. The third-order valence-corrected chi connectivity index (χ3v) is 2.72. The number of hydrogen-bond donors (Lipinski definition) is 1. The van der Waals surface area contributed by atoms with E-state index >= 15 is 0 Å². The van der Waals surface area contributed by atoms with Crippen molar-refractivity contribution in [2.24, 2.45) is 0 Å². The standard InChI is InChI=1S/C11H11F4NO2/c12-7(3-4-17)8-5-6-1-2-9(11(13,14)15)16-10(6)18-8/h1-2,7-8,17H,3-5H2/t7-,8+/m0/s1. The van der Waals surface area contributed by atoms with Crippen molar-refractivity contribution in [3.63, 3.8) is 0 Å². The van der Waals surface area contributed by atoms with Crippen LogP contribution >= 0.6 is 0 Å². The summed E-state index contributed by atoms with van der Waals surface area (Å²) in [5.41, 5.74) is -0.604. The Labute approximate surface area is 100 Å². The molecular weight excluding hydrogens is 254 g/mol. The molecule has 1 aliphatic rings. The quantitative estimate of drug-likeness (QED) is 0.851. The second kappa shape index (κ2) is 4.72. The fraction of sp³-hybridized carbons (Fsp3) is 0.545. The van der Waals surface area contributed by atoms with Gasteiger partial charge in [-0.05, 0) is 6.07 Å². The van der Waals surface area contributed by atoms with Crippen LogP contribution in [0.25, 0.3) is 0 Å². The lowest BCUT2D eigenvalue weighted by molar-refractivity contribution is -0.141. The van der Waals surface area contributed by atoms with Crippen LogP contribution in [0.2, 0.25) is 0 Å². The molecule has 0 amide bonds. The summed E-state index contributed by atoms with van der Waals surface area (Å²) < 4.78 is 55.8. The third-order valence-electron chi connectivity index (χ3n) is 2.72. The second-order valence-electron chi connectivity index (χ2n) is 4.05. The second-order valence-corrected chi connectivity index (χ2v) is 4.05. The molecule has 7 heteroatoms. The Morgan fingerprint density at radius 3 is 2.78 bits per heavy atom. The summed E-state index contributed by atoms with van der Waals surface area (Å²) in [6.07, 6.45) is -6.77. The number of aliphatic hydroxyl groups excluding tert-OH is 1. The van der Waals surface area contributed by atoms with Gasteiger partial charge >= 0.3 is 6.18 Å². The minimum atomic E-state index is -4.54. The molecule has 0 unspecified atom stereocenters. The van der Waals surface area contributed by atoms with E-state index in [9.17, 15) is 17.6 Å². The predicted octanol–water partition coefficient (Wildman–Crippen LogP) is 2.12. The first-order valence-corrected chi connectivity index (χ1v) is 5.40. The van der Waals surface area contributed by atoms with Gasteiger partial charge in [0.1, 0.15) is 18.0 Å². The van der Waals surface area contributed by atoms with Crippen molar-refractivity contribution in [3.05, 3.63) is 23.4 Å². The first kappa shape index (κ1) is 13.1. The summed E-state index contributed by atoms with van der Waals surface area (Å²) in [6, 6.07) is 2.10. The number of fused-ring (bicyclic) bond motifs is 1. The Morgan fingerprint density at radius 2 is 2.17 bits per heavy atom. The summed E-state index contributed by atoms with van der Waals surface area (Å²) in [5.74, 6) is -0.171. The molecule has 2 heterocycles. The topological polar surface area (TPSA) is 42.4 Å². The van der Waals surface area contributed by atoms with Crippen molar-refractivity contribution in [1.82, 2.24) is 4.98 Å². The summed E-state index contributed by atoms with van der Waals surface area (Å²) in [5, 5.41) is 8.60. The van der Waals surface area contributed by atoms with Gasteiger partial charge in [-0.1, -0.05) is 6.07 Å². The van der Waals surface area contributed by atoms with Crippen molar-refractivity contribution in [2.45, 2.75) is 31.3 Å². The maximum Gasteiger partial charge on any atom is 0.433 e. The van der Waals surface area contributed by atoms with Crippen LogP contribution in [0.1, 0.15) is 17.7 Å². The highest BCUT2D eigenvalue weighted by molar-refractivity contribution is 5.33. The molecule has 1 N–H and O–H groups in total. The molecule has 0 aliphatic carbocycles. The summed E-state index contributed by atoms with van der Waals surface area (Å²) >= 11 is 0. The van der Waals surface area contributed by atoms with E-state index in [-0.39, 0.29) is 25.3 Å². The zero-order valence-electron chi connectivity index (χ0n) is 9.25. The van der Waals surface area contributed by atoms with E-state index in [1.54, 1.807) is 0 Å². The Kier molecular flexibility index (Phi) is 3.43. The van der Waals surface area contributed by atoms with Crippen molar-refractivity contribution < 1.29 is 27.4 Å². The SMILES string of the molecule is OCC[C@H](F)[C@H]1Cc2ccc(C(F)(F)F)nc2O1. The first-order valence-electron chi connectivity index (χ1n) is 5.40. The molecule has 0 fully saturated rings. The Hall–Kier alpha value is -1.37. The van der Waals surface area contributed by atoms with Crippen molar-refractivity contribution in [3.8, 4) is 5.88 Å². The van der Waals surface area contributed by atoms with E-state index in [4.69, 9.17) is 9.84 Å². The zero-order chi connectivity index (χ0) is 13.3. The largest absolute Gasteiger partial charge is 0.471 e. The van der Waals surface area contributed by atoms with E-state index in [1.165, 1.54) is 6.07 Å². The third kappa shape index (κ3) is 2.55. The maximum absolute atomic E-state index is 13.5. The van der Waals surface area contributed by atoms with Gasteiger partial charge in [-0.2, -0.15) is 13.2 Å². The Morgan fingerprint density at radius 1 is 1.44 bits per heavy atom. The van der Waals surface area contributed by atoms with Crippen LogP contribution in [-0.4, -0.2) is 29.0 Å². The smallest absolute Gasteiger partial charge is 0.433 e. The number of aliphatic hydroxyl groups is 1. The van der Waals surface area contributed by atoms with Crippen molar-refractivity contribution >= 4 is 0 Å². The van der Waals surface area contributed by atoms with E-state index in [1.807, 2.05) is 0 Å². The molecule has 0 spiro atoms. The number of nitrogens with zero attached hydrogens (tertiary/aromatic N) is 1. The molecule has 0 aromatic carbocycles. The van der Waals surface area contributed by atoms with Gasteiger partial charge in [-0.25, -0.2) is 9.37 Å². The molecule has 1 aromatic heterocycles. The molecule has 0 saturated heterocycles. The van der Waals surface area contributed by atoms with Gasteiger partial charge in [-0.15, -0.1) is 0 Å². The fourth-order valence-electron chi connectivity index (χ4n) is 1.80. The van der Waals surface area contributed by atoms with Crippen LogP contribution in [0.3, 0.4) is 0 Å². The zero-order valence-corrected chi connectivity index (χ0v) is 9.25. The van der Waals surface area contributed by atoms with Crippen LogP contribution in [0, 0.1) is 0 Å². The van der Waals surface area contributed by atoms with Crippen LogP contribution in [-0.2, 0) is 12.6 Å². The number of hydrogen-bond acceptors (Lipinski definition) is 3. The van der Waals surface area contributed by atoms with Crippen molar-refractivity contribution in [2.75, 3.05) is 6.61 Å². The lowest BCUT2D eigenvalue weighted by Gasteiger charge is -2.14. The average molecular weight is 265 g/mol. The van der Waals surface area contributed by atoms with Gasteiger partial charge in [0.25, 0.3) is 0 Å². The van der Waals surface area contributed by atoms with Crippen LogP contribution in [0.4, 0.5) is 17.6 Å². The number of rotatable bonds is 3. The highest BCUT2D eigenvalue weighted by Gasteiger charge is 2.36. The number of aromatic nitrogens is 1. The lowest BCUT2D eigenvalue weighted by Crippen LogP contribution is -2.27. The van der Waals surface area contributed by atoms with Crippen LogP contribution in [0.5, 0.6) is 5.88 Å². The van der Waals surface area contributed by atoms with Gasteiger partial charge in [0.05, 0.1) is 0 Å². The molecule has 18 heavy (non-hydrogen) atoms. The van der Waals surface area contributed by atoms with Gasteiger partial charge in [-0.3, -0.25) is 0 Å². The van der Waals surface area contributed by atoms with Gasteiger partial charge in [0.15, 0.2) is 0 Å². The van der Waals surface area contributed by atoms with Crippen LogP contribution in [0.15, 0.2) is 12.1 Å². The number of ether oxygens (including phenoxy) is 1. The molecule has 2 rings (SSSR count). The molecule has 100 valence electrons. The minimum absolute atomic E-state index is 0.106. The van der Waals surface area contributed by atoms with Crippen molar-refractivity contribution in [1.29, 1.82) is 0 Å². The van der Waals surface area contributed by atoms with E-state index in [0.717, 1.165) is 6.07 Å². The molecule has 2 atom stereocenters. The fourth-order valence-corrected chi connectivity index (χ4v) is 1.80. The maximum atomic E-state index is 13.5. The number of halogens is 4. The normalized spacial score (nSPS) is 20.4. The van der Waals surface area contributed by atoms with Gasteiger partial charge in [0.2, 0.25) is 5.88 Å². The summed E-state index contributed by atoms with van der Waals surface area (Å²) in [6.45, 7) is -0.335. The predicted molar refractivity (Wildman–Crippen MR) is 54.0 cm³/mol. The molecule has 0 bridgehead atoms. The lowest BCUT2D eigenvalue weighted by atomic mass is 10.1. The van der Waals surface area contributed by atoms with Gasteiger partial charge in [0, 0.05) is 25.0 Å². The highest BCUT2D eigenvalue weighted by atomic mass is 19.4. The molecule has 3 nitrogen and oxygen atoms in total. The van der Waals surface area contributed by atoms with Crippen LogP contribution < -0.4 is 4.74 Å². The van der Waals surface area contributed by atoms with Gasteiger partial charge < -0.3 is 9.84 Å². The Bertz CT molecular complexity index is 436. The summed E-state index contributed by atoms with van der Waals surface area (Å²) in [7, 11) is 0. The van der Waals surface area contributed by atoms with E-state index in [0.29, 0.717) is 5.56 Å². The average Bonchev–Trinajstić information content (AvgIpc) is 2.70.